The highest BCUT2D eigenvalue weighted by atomic mass is 32.1. The van der Waals surface area contributed by atoms with E-state index in [1.807, 2.05) is 6.92 Å². The lowest BCUT2D eigenvalue weighted by atomic mass is 10.1. The van der Waals surface area contributed by atoms with Gasteiger partial charge in [0.25, 0.3) is 0 Å². The van der Waals surface area contributed by atoms with E-state index in [9.17, 15) is 5.11 Å². The van der Waals surface area contributed by atoms with E-state index in [0.29, 0.717) is 0 Å². The molecule has 0 aliphatic rings. The van der Waals surface area contributed by atoms with E-state index in [2.05, 4.69) is 29.6 Å². The van der Waals surface area contributed by atoms with Gasteiger partial charge in [-0.3, -0.25) is 0 Å². The molecule has 0 bridgehead atoms. The fourth-order valence-corrected chi connectivity index (χ4v) is 2.56. The molecule has 74 valence electrons. The summed E-state index contributed by atoms with van der Waals surface area (Å²) in [5.74, 6) is 0. The molecule has 0 amide bonds. The average molecular weight is 206 g/mol. The fourth-order valence-electron chi connectivity index (χ4n) is 1.62. The molecule has 1 unspecified atom stereocenters. The zero-order chi connectivity index (χ0) is 9.97. The molecule has 1 N–H and O–H groups in total. The second-order valence-corrected chi connectivity index (χ2v) is 4.56. The maximum Gasteiger partial charge on any atom is 0.0515 e. The van der Waals surface area contributed by atoms with Crippen LogP contribution in [0.2, 0.25) is 0 Å². The monoisotopic (exact) mass is 206 g/mol. The van der Waals surface area contributed by atoms with Crippen LogP contribution >= 0.6 is 11.3 Å². The maximum absolute atomic E-state index is 9.24. The van der Waals surface area contributed by atoms with Gasteiger partial charge in [0.15, 0.2) is 0 Å². The van der Waals surface area contributed by atoms with Gasteiger partial charge < -0.3 is 5.11 Å². The Labute approximate surface area is 88.0 Å². The van der Waals surface area contributed by atoms with Crippen molar-refractivity contribution in [2.45, 2.75) is 25.9 Å². The van der Waals surface area contributed by atoms with Gasteiger partial charge in [0.1, 0.15) is 0 Å². The van der Waals surface area contributed by atoms with Crippen molar-refractivity contribution in [3.8, 4) is 0 Å². The first kappa shape index (κ1) is 9.69. The van der Waals surface area contributed by atoms with Crippen molar-refractivity contribution in [3.63, 3.8) is 0 Å². The summed E-state index contributed by atoms with van der Waals surface area (Å²) in [6.07, 6.45) is 1.61. The van der Waals surface area contributed by atoms with Gasteiger partial charge in [-0.2, -0.15) is 0 Å². The van der Waals surface area contributed by atoms with Crippen molar-refractivity contribution in [1.82, 2.24) is 0 Å². The van der Waals surface area contributed by atoms with Crippen LogP contribution in [0.5, 0.6) is 0 Å². The average Bonchev–Trinajstić information content (AvgIpc) is 2.62. The van der Waals surface area contributed by atoms with Gasteiger partial charge >= 0.3 is 0 Å². The Bertz CT molecular complexity index is 417. The number of aliphatic hydroxyl groups is 1. The smallest absolute Gasteiger partial charge is 0.0515 e. The van der Waals surface area contributed by atoms with Crippen LogP contribution < -0.4 is 0 Å². The number of aliphatic hydroxyl groups excluding tert-OH is 1. The quantitative estimate of drug-likeness (QED) is 0.817. The molecule has 0 aliphatic carbocycles. The van der Waals surface area contributed by atoms with Gasteiger partial charge in [-0.05, 0) is 42.2 Å². The third kappa shape index (κ3) is 1.97. The highest BCUT2D eigenvalue weighted by Crippen LogP contribution is 2.25. The normalized spacial score (nSPS) is 13.3. The van der Waals surface area contributed by atoms with Gasteiger partial charge in [0.05, 0.1) is 6.10 Å². The Morgan fingerprint density at radius 1 is 1.36 bits per heavy atom. The third-order valence-corrected chi connectivity index (χ3v) is 3.40. The van der Waals surface area contributed by atoms with Crippen LogP contribution in [-0.4, -0.2) is 11.2 Å². The number of rotatable bonds is 3. The van der Waals surface area contributed by atoms with Crippen LogP contribution in [0.1, 0.15) is 18.9 Å². The second kappa shape index (κ2) is 4.11. The lowest BCUT2D eigenvalue weighted by Gasteiger charge is -2.05. The number of hydrogen-bond acceptors (Lipinski definition) is 2. The van der Waals surface area contributed by atoms with Crippen LogP contribution in [0.25, 0.3) is 10.1 Å². The summed E-state index contributed by atoms with van der Waals surface area (Å²) in [6.45, 7) is 1.84. The lowest BCUT2D eigenvalue weighted by molar-refractivity contribution is 0.185. The molecule has 2 rings (SSSR count). The molecular formula is C12H14OS. The minimum atomic E-state index is -0.204. The highest BCUT2D eigenvalue weighted by molar-refractivity contribution is 7.17. The molecule has 14 heavy (non-hydrogen) atoms. The molecule has 0 radical (unpaired) electrons. The Morgan fingerprint density at radius 2 is 2.21 bits per heavy atom. The van der Waals surface area contributed by atoms with E-state index in [4.69, 9.17) is 0 Å². The zero-order valence-electron chi connectivity index (χ0n) is 8.23. The predicted molar refractivity (Wildman–Crippen MR) is 61.8 cm³/mol. The van der Waals surface area contributed by atoms with Crippen molar-refractivity contribution < 1.29 is 5.11 Å². The van der Waals surface area contributed by atoms with Crippen molar-refractivity contribution in [2.75, 3.05) is 0 Å². The Balaban J connectivity index is 2.27. The largest absolute Gasteiger partial charge is 0.393 e. The molecule has 2 heteroatoms. The molecule has 1 aromatic carbocycles. The first-order valence-corrected chi connectivity index (χ1v) is 5.78. The van der Waals surface area contributed by atoms with E-state index in [1.54, 1.807) is 11.3 Å². The van der Waals surface area contributed by atoms with Crippen LogP contribution in [-0.2, 0) is 6.42 Å². The van der Waals surface area contributed by atoms with Crippen LogP contribution in [0, 0.1) is 0 Å². The number of aryl methyl sites for hydroxylation is 1. The molecular weight excluding hydrogens is 192 g/mol. The summed E-state index contributed by atoms with van der Waals surface area (Å²) in [7, 11) is 0. The van der Waals surface area contributed by atoms with Gasteiger partial charge in [-0.15, -0.1) is 11.3 Å². The highest BCUT2D eigenvalue weighted by Gasteiger charge is 2.03. The zero-order valence-corrected chi connectivity index (χ0v) is 9.05. The number of fused-ring (bicyclic) bond motifs is 1. The molecule has 1 atom stereocenters. The van der Waals surface area contributed by atoms with E-state index in [1.165, 1.54) is 15.6 Å². The molecule has 0 saturated carbocycles. The number of hydrogen-bond donors (Lipinski definition) is 1. The molecule has 1 nitrogen and oxygen atoms in total. The third-order valence-electron chi connectivity index (χ3n) is 2.39. The predicted octanol–water partition coefficient (Wildman–Crippen LogP) is 3.21. The first-order valence-electron chi connectivity index (χ1n) is 4.90. The summed E-state index contributed by atoms with van der Waals surface area (Å²) in [4.78, 5) is 0. The van der Waals surface area contributed by atoms with Crippen LogP contribution in [0.4, 0.5) is 0 Å². The number of benzene rings is 1. The summed E-state index contributed by atoms with van der Waals surface area (Å²) in [5, 5.41) is 12.7. The maximum atomic E-state index is 9.24. The second-order valence-electron chi connectivity index (χ2n) is 3.64. The van der Waals surface area contributed by atoms with E-state index in [-0.39, 0.29) is 6.10 Å². The SMILES string of the molecule is CC(O)CCc1cccc2ccsc12. The Morgan fingerprint density at radius 3 is 3.00 bits per heavy atom. The van der Waals surface area contributed by atoms with E-state index in [0.717, 1.165) is 12.8 Å². The fraction of sp³-hybridized carbons (Fsp3) is 0.333. The number of thiophene rings is 1. The molecule has 0 spiro atoms. The van der Waals surface area contributed by atoms with Crippen LogP contribution in [0.3, 0.4) is 0 Å². The van der Waals surface area contributed by atoms with Crippen molar-refractivity contribution >= 4 is 21.4 Å². The molecule has 0 saturated heterocycles. The minimum Gasteiger partial charge on any atom is -0.393 e. The summed E-state index contributed by atoms with van der Waals surface area (Å²) in [5.41, 5.74) is 1.36. The van der Waals surface area contributed by atoms with Gasteiger partial charge in [-0.25, -0.2) is 0 Å². The topological polar surface area (TPSA) is 20.2 Å². The van der Waals surface area contributed by atoms with Crippen LogP contribution in [0.15, 0.2) is 29.6 Å². The molecule has 1 aromatic heterocycles. The van der Waals surface area contributed by atoms with E-state index >= 15 is 0 Å². The first-order chi connectivity index (χ1) is 6.77. The Hall–Kier alpha value is -0.860. The minimum absolute atomic E-state index is 0.204. The van der Waals surface area contributed by atoms with Gasteiger partial charge in [0.2, 0.25) is 0 Å². The standard InChI is InChI=1S/C12H14OS/c1-9(13)5-6-10-3-2-4-11-7-8-14-12(10)11/h2-4,7-9,13H,5-6H2,1H3. The summed E-state index contributed by atoms with van der Waals surface area (Å²) in [6, 6.07) is 8.53. The van der Waals surface area contributed by atoms with Crippen molar-refractivity contribution in [3.05, 3.63) is 35.2 Å². The van der Waals surface area contributed by atoms with Gasteiger partial charge in [0, 0.05) is 4.70 Å². The molecule has 2 aromatic rings. The van der Waals surface area contributed by atoms with Gasteiger partial charge in [-0.1, -0.05) is 18.2 Å². The molecule has 0 aliphatic heterocycles. The Kier molecular flexibility index (Phi) is 2.85. The van der Waals surface area contributed by atoms with E-state index < -0.39 is 0 Å². The molecule has 0 fully saturated rings. The lowest BCUT2D eigenvalue weighted by Crippen LogP contribution is -2.01. The van der Waals surface area contributed by atoms with Crippen molar-refractivity contribution in [1.29, 1.82) is 0 Å². The summed E-state index contributed by atoms with van der Waals surface area (Å²) < 4.78 is 1.37. The van der Waals surface area contributed by atoms with Crippen molar-refractivity contribution in [2.24, 2.45) is 0 Å². The molecule has 1 heterocycles. The summed E-state index contributed by atoms with van der Waals surface area (Å²) >= 11 is 1.78.